The Morgan fingerprint density at radius 1 is 1.19 bits per heavy atom. The van der Waals surface area contributed by atoms with Crippen LogP contribution in [0.1, 0.15) is 5.82 Å². The van der Waals surface area contributed by atoms with Gasteiger partial charge in [0.2, 0.25) is 11.8 Å². The maximum absolute atomic E-state index is 12.1. The van der Waals surface area contributed by atoms with Crippen molar-refractivity contribution in [2.45, 2.75) is 11.8 Å². The van der Waals surface area contributed by atoms with Crippen LogP contribution >= 0.6 is 11.8 Å². The first-order valence-electron chi connectivity index (χ1n) is 8.24. The molecule has 1 aromatic carbocycles. The first-order valence-corrected chi connectivity index (χ1v) is 9.23. The SMILES string of the molecule is Cn1c(CNC(=O)CSc2nnc(-c3ccncc3)o2)nc2ccccc21. The van der Waals surface area contributed by atoms with E-state index in [0.29, 0.717) is 17.7 Å². The van der Waals surface area contributed by atoms with Crippen LogP contribution in [0.2, 0.25) is 0 Å². The first-order chi connectivity index (χ1) is 13.2. The number of carbonyl (C=O) groups excluding carboxylic acids is 1. The van der Waals surface area contributed by atoms with E-state index >= 15 is 0 Å². The third kappa shape index (κ3) is 3.82. The van der Waals surface area contributed by atoms with Crippen LogP contribution in [0.25, 0.3) is 22.5 Å². The summed E-state index contributed by atoms with van der Waals surface area (Å²) in [5.74, 6) is 1.25. The predicted molar refractivity (Wildman–Crippen MR) is 101 cm³/mol. The largest absolute Gasteiger partial charge is 0.411 e. The second kappa shape index (κ2) is 7.58. The molecule has 0 aliphatic carbocycles. The van der Waals surface area contributed by atoms with Crippen molar-refractivity contribution in [2.75, 3.05) is 5.75 Å². The molecule has 1 amide bonds. The number of rotatable bonds is 6. The number of fused-ring (bicyclic) bond motifs is 1. The highest BCUT2D eigenvalue weighted by molar-refractivity contribution is 7.99. The van der Waals surface area contributed by atoms with Crippen molar-refractivity contribution in [3.63, 3.8) is 0 Å². The summed E-state index contributed by atoms with van der Waals surface area (Å²) in [5, 5.41) is 11.2. The molecular formula is C18H16N6O2S. The molecule has 3 heterocycles. The van der Waals surface area contributed by atoms with Crippen LogP contribution in [0, 0.1) is 0 Å². The first kappa shape index (κ1) is 17.2. The van der Waals surface area contributed by atoms with Crippen molar-refractivity contribution >= 4 is 28.7 Å². The fraction of sp³-hybridized carbons (Fsp3) is 0.167. The third-order valence-electron chi connectivity index (χ3n) is 3.98. The maximum atomic E-state index is 12.1. The number of thioether (sulfide) groups is 1. The van der Waals surface area contributed by atoms with E-state index in [4.69, 9.17) is 4.42 Å². The van der Waals surface area contributed by atoms with Crippen LogP contribution < -0.4 is 5.32 Å². The lowest BCUT2D eigenvalue weighted by atomic mass is 10.3. The van der Waals surface area contributed by atoms with E-state index in [2.05, 4.69) is 25.5 Å². The fourth-order valence-corrected chi connectivity index (χ4v) is 3.18. The van der Waals surface area contributed by atoms with E-state index in [9.17, 15) is 4.79 Å². The Morgan fingerprint density at radius 2 is 2.00 bits per heavy atom. The van der Waals surface area contributed by atoms with Crippen molar-refractivity contribution in [3.8, 4) is 11.5 Å². The smallest absolute Gasteiger partial charge is 0.277 e. The molecule has 0 bridgehead atoms. The van der Waals surface area contributed by atoms with E-state index in [1.807, 2.05) is 35.9 Å². The van der Waals surface area contributed by atoms with Crippen LogP contribution in [-0.4, -0.2) is 36.4 Å². The molecule has 1 N–H and O–H groups in total. The van der Waals surface area contributed by atoms with Crippen molar-refractivity contribution < 1.29 is 9.21 Å². The van der Waals surface area contributed by atoms with E-state index in [1.54, 1.807) is 24.5 Å². The molecule has 0 unspecified atom stereocenters. The normalized spacial score (nSPS) is 11.0. The minimum Gasteiger partial charge on any atom is -0.411 e. The minimum absolute atomic E-state index is 0.129. The molecule has 4 aromatic rings. The number of aryl methyl sites for hydroxylation is 1. The van der Waals surface area contributed by atoms with Crippen molar-refractivity contribution in [1.29, 1.82) is 0 Å². The lowest BCUT2D eigenvalue weighted by Gasteiger charge is -2.04. The monoisotopic (exact) mass is 380 g/mol. The second-order valence-electron chi connectivity index (χ2n) is 5.75. The van der Waals surface area contributed by atoms with Gasteiger partial charge in [-0.1, -0.05) is 23.9 Å². The number of hydrogen-bond acceptors (Lipinski definition) is 7. The van der Waals surface area contributed by atoms with Gasteiger partial charge in [-0.25, -0.2) is 4.98 Å². The summed E-state index contributed by atoms with van der Waals surface area (Å²) in [4.78, 5) is 20.6. The summed E-state index contributed by atoms with van der Waals surface area (Å²) in [5.41, 5.74) is 2.73. The molecule has 27 heavy (non-hydrogen) atoms. The Morgan fingerprint density at radius 3 is 2.81 bits per heavy atom. The number of benzene rings is 1. The highest BCUT2D eigenvalue weighted by Crippen LogP contribution is 2.22. The highest BCUT2D eigenvalue weighted by Gasteiger charge is 2.12. The average molecular weight is 380 g/mol. The number of nitrogens with one attached hydrogen (secondary N) is 1. The Bertz CT molecular complexity index is 1080. The number of para-hydroxylation sites is 2. The number of pyridine rings is 1. The third-order valence-corrected chi connectivity index (χ3v) is 4.80. The Balaban J connectivity index is 1.32. The Kier molecular flexibility index (Phi) is 4.84. The van der Waals surface area contributed by atoms with Gasteiger partial charge in [0.05, 0.1) is 23.3 Å². The van der Waals surface area contributed by atoms with Gasteiger partial charge in [-0.05, 0) is 24.3 Å². The van der Waals surface area contributed by atoms with Gasteiger partial charge in [-0.3, -0.25) is 9.78 Å². The molecule has 0 spiro atoms. The van der Waals surface area contributed by atoms with Crippen LogP contribution in [-0.2, 0) is 18.4 Å². The van der Waals surface area contributed by atoms with Crippen LogP contribution in [0.5, 0.6) is 0 Å². The molecule has 0 atom stereocenters. The van der Waals surface area contributed by atoms with Gasteiger partial charge in [0.25, 0.3) is 5.22 Å². The molecule has 0 saturated heterocycles. The van der Waals surface area contributed by atoms with Gasteiger partial charge in [-0.2, -0.15) is 0 Å². The number of hydrogen-bond donors (Lipinski definition) is 1. The Labute approximate surface area is 159 Å². The molecule has 0 aliphatic heterocycles. The van der Waals surface area contributed by atoms with Crippen LogP contribution in [0.15, 0.2) is 58.4 Å². The zero-order chi connectivity index (χ0) is 18.6. The molecule has 0 saturated carbocycles. The molecule has 4 rings (SSSR count). The Hall–Kier alpha value is -3.20. The standard InChI is InChI=1S/C18H16N6O2S/c1-24-14-5-3-2-4-13(14)21-15(24)10-20-16(25)11-27-18-23-22-17(26-18)12-6-8-19-9-7-12/h2-9H,10-11H2,1H3,(H,20,25). The topological polar surface area (TPSA) is 98.7 Å². The van der Waals surface area contributed by atoms with Crippen molar-refractivity contribution in [3.05, 3.63) is 54.6 Å². The van der Waals surface area contributed by atoms with Crippen molar-refractivity contribution in [1.82, 2.24) is 30.0 Å². The van der Waals surface area contributed by atoms with Crippen molar-refractivity contribution in [2.24, 2.45) is 7.05 Å². The van der Waals surface area contributed by atoms with Gasteiger partial charge in [0, 0.05) is 25.0 Å². The van der Waals surface area contributed by atoms with Gasteiger partial charge in [-0.15, -0.1) is 10.2 Å². The second-order valence-corrected chi connectivity index (χ2v) is 6.68. The van der Waals surface area contributed by atoms with E-state index < -0.39 is 0 Å². The van der Waals surface area contributed by atoms with Crippen LogP contribution in [0.4, 0.5) is 0 Å². The van der Waals surface area contributed by atoms with E-state index in [-0.39, 0.29) is 11.7 Å². The highest BCUT2D eigenvalue weighted by atomic mass is 32.2. The van der Waals surface area contributed by atoms with E-state index in [1.165, 1.54) is 11.8 Å². The molecule has 136 valence electrons. The zero-order valence-electron chi connectivity index (χ0n) is 14.5. The van der Waals surface area contributed by atoms with Gasteiger partial charge < -0.3 is 14.3 Å². The molecule has 8 nitrogen and oxygen atoms in total. The number of imidazole rings is 1. The molecular weight excluding hydrogens is 364 g/mol. The van der Waals surface area contributed by atoms with E-state index in [0.717, 1.165) is 22.4 Å². The fourth-order valence-electron chi connectivity index (χ4n) is 2.59. The molecule has 3 aromatic heterocycles. The predicted octanol–water partition coefficient (Wildman–Crippen LogP) is 2.43. The molecule has 9 heteroatoms. The zero-order valence-corrected chi connectivity index (χ0v) is 15.3. The number of carbonyl (C=O) groups is 1. The van der Waals surface area contributed by atoms with Gasteiger partial charge in [0.15, 0.2) is 0 Å². The average Bonchev–Trinajstić information content (AvgIpc) is 3.31. The molecule has 0 aliphatic rings. The number of amides is 1. The molecule has 0 fully saturated rings. The summed E-state index contributed by atoms with van der Waals surface area (Å²) in [6.45, 7) is 0.358. The minimum atomic E-state index is -0.129. The lowest BCUT2D eigenvalue weighted by Crippen LogP contribution is -2.26. The summed E-state index contributed by atoms with van der Waals surface area (Å²) in [6.07, 6.45) is 3.31. The summed E-state index contributed by atoms with van der Waals surface area (Å²) in [6, 6.07) is 11.4. The number of aromatic nitrogens is 5. The van der Waals surface area contributed by atoms with Crippen LogP contribution in [0.3, 0.4) is 0 Å². The van der Waals surface area contributed by atoms with Gasteiger partial charge in [0.1, 0.15) is 5.82 Å². The summed E-state index contributed by atoms with van der Waals surface area (Å²) in [7, 11) is 1.94. The van der Waals surface area contributed by atoms with Gasteiger partial charge >= 0.3 is 0 Å². The lowest BCUT2D eigenvalue weighted by molar-refractivity contribution is -0.118. The summed E-state index contributed by atoms with van der Waals surface area (Å²) < 4.78 is 7.53. The quantitative estimate of drug-likeness (QED) is 0.513. The molecule has 0 radical (unpaired) electrons. The maximum Gasteiger partial charge on any atom is 0.277 e. The number of nitrogens with zero attached hydrogens (tertiary/aromatic N) is 5. The summed E-state index contributed by atoms with van der Waals surface area (Å²) >= 11 is 1.19.